The Labute approximate surface area is 226 Å². The number of hydrogen-bond acceptors (Lipinski definition) is 6. The molecular weight excluding hydrogens is 486 g/mol. The van der Waals surface area contributed by atoms with Crippen LogP contribution in [0.4, 0.5) is 5.82 Å². The van der Waals surface area contributed by atoms with Gasteiger partial charge in [0.05, 0.1) is 31.0 Å². The fourth-order valence-corrected chi connectivity index (χ4v) is 5.38. The summed E-state index contributed by atoms with van der Waals surface area (Å²) in [5.74, 6) is 0.449. The number of nitrogens with two attached hydrogens (primary N) is 1. The molecule has 0 atom stereocenters. The third-order valence-corrected chi connectivity index (χ3v) is 7.40. The molecule has 8 heteroatoms. The second kappa shape index (κ2) is 9.98. The summed E-state index contributed by atoms with van der Waals surface area (Å²) in [4.78, 5) is 6.73. The minimum absolute atomic E-state index is 0.449. The Hall–Kier alpha value is -4.53. The van der Waals surface area contributed by atoms with Gasteiger partial charge in [-0.2, -0.15) is 10.2 Å². The van der Waals surface area contributed by atoms with Gasteiger partial charge in [-0.15, -0.1) is 0 Å². The molecular formula is C31H29N7O. The number of nitrogens with zero attached hydrogens (tertiary/aromatic N) is 6. The summed E-state index contributed by atoms with van der Waals surface area (Å²) in [6.07, 6.45) is 3.60. The van der Waals surface area contributed by atoms with Gasteiger partial charge in [-0.25, -0.2) is 9.50 Å². The standard InChI is InChI=1S/C31H29N7O/c32-31-30-27(25-10-11-26-20-37(35-28(26)16-25)19-22-4-2-1-3-5-22)17-29(38(30)34-21-33-31)24-8-6-23(7-9-24)18-36-12-14-39-15-13-36/h1-11,16-17,20-21H,12-15,18-19H2,(H2,32,33,34). The Morgan fingerprint density at radius 1 is 0.821 bits per heavy atom. The van der Waals surface area contributed by atoms with Crippen LogP contribution in [0.5, 0.6) is 0 Å². The number of fused-ring (bicyclic) bond motifs is 2. The van der Waals surface area contributed by atoms with E-state index < -0.39 is 0 Å². The van der Waals surface area contributed by atoms with Crippen molar-refractivity contribution in [1.29, 1.82) is 0 Å². The van der Waals surface area contributed by atoms with Crippen LogP contribution >= 0.6 is 0 Å². The van der Waals surface area contributed by atoms with E-state index >= 15 is 0 Å². The molecule has 6 aromatic rings. The molecule has 8 nitrogen and oxygen atoms in total. The molecule has 1 aliphatic rings. The number of hydrogen-bond donors (Lipinski definition) is 1. The Morgan fingerprint density at radius 3 is 2.41 bits per heavy atom. The van der Waals surface area contributed by atoms with Gasteiger partial charge in [0.25, 0.3) is 0 Å². The molecule has 1 saturated heterocycles. The van der Waals surface area contributed by atoms with E-state index in [1.54, 1.807) is 0 Å². The first-order chi connectivity index (χ1) is 19.2. The second-order valence-electron chi connectivity index (χ2n) is 10.0. The molecule has 194 valence electrons. The first-order valence-electron chi connectivity index (χ1n) is 13.2. The summed E-state index contributed by atoms with van der Waals surface area (Å²) < 4.78 is 9.37. The highest BCUT2D eigenvalue weighted by Crippen LogP contribution is 2.35. The zero-order chi connectivity index (χ0) is 26.2. The highest BCUT2D eigenvalue weighted by atomic mass is 16.5. The number of nitrogen functional groups attached to an aromatic ring is 1. The van der Waals surface area contributed by atoms with Crippen LogP contribution in [0.1, 0.15) is 11.1 Å². The maximum absolute atomic E-state index is 6.41. The van der Waals surface area contributed by atoms with Gasteiger partial charge in [-0.3, -0.25) is 9.58 Å². The molecule has 1 fully saturated rings. The maximum atomic E-state index is 6.41. The zero-order valence-corrected chi connectivity index (χ0v) is 21.6. The van der Waals surface area contributed by atoms with Crippen LogP contribution < -0.4 is 5.73 Å². The fourth-order valence-electron chi connectivity index (χ4n) is 5.38. The van der Waals surface area contributed by atoms with Gasteiger partial charge in [0.2, 0.25) is 0 Å². The Bertz CT molecular complexity index is 1750. The van der Waals surface area contributed by atoms with Crippen molar-refractivity contribution in [2.24, 2.45) is 0 Å². The van der Waals surface area contributed by atoms with Crippen LogP contribution in [0, 0.1) is 0 Å². The second-order valence-corrected chi connectivity index (χ2v) is 10.0. The van der Waals surface area contributed by atoms with Crippen molar-refractivity contribution in [3.05, 3.63) is 103 Å². The summed E-state index contributed by atoms with van der Waals surface area (Å²) in [7, 11) is 0. The average molecular weight is 516 g/mol. The number of benzene rings is 3. The van der Waals surface area contributed by atoms with Crippen molar-refractivity contribution >= 4 is 22.2 Å². The number of morpholine rings is 1. The summed E-state index contributed by atoms with van der Waals surface area (Å²) in [6, 6.07) is 27.6. The van der Waals surface area contributed by atoms with Crippen LogP contribution in [0.2, 0.25) is 0 Å². The Balaban J connectivity index is 1.23. The average Bonchev–Trinajstić information content (AvgIpc) is 3.56. The van der Waals surface area contributed by atoms with Gasteiger partial charge in [0, 0.05) is 42.3 Å². The molecule has 0 aliphatic carbocycles. The molecule has 2 N–H and O–H groups in total. The maximum Gasteiger partial charge on any atom is 0.152 e. The third-order valence-electron chi connectivity index (χ3n) is 7.40. The van der Waals surface area contributed by atoms with Crippen molar-refractivity contribution < 1.29 is 4.74 Å². The van der Waals surface area contributed by atoms with Crippen molar-refractivity contribution in [3.8, 4) is 22.4 Å². The Morgan fingerprint density at radius 2 is 1.59 bits per heavy atom. The minimum Gasteiger partial charge on any atom is -0.382 e. The van der Waals surface area contributed by atoms with Crippen molar-refractivity contribution in [2.75, 3.05) is 32.0 Å². The van der Waals surface area contributed by atoms with Gasteiger partial charge >= 0.3 is 0 Å². The van der Waals surface area contributed by atoms with E-state index in [9.17, 15) is 0 Å². The first-order valence-corrected chi connectivity index (χ1v) is 13.2. The number of anilines is 1. The van der Waals surface area contributed by atoms with Crippen LogP contribution in [0.15, 0.2) is 91.4 Å². The molecule has 4 heterocycles. The van der Waals surface area contributed by atoms with Crippen molar-refractivity contribution in [3.63, 3.8) is 0 Å². The fraction of sp³-hybridized carbons (Fsp3) is 0.194. The predicted molar refractivity (Wildman–Crippen MR) is 153 cm³/mol. The van der Waals surface area contributed by atoms with Gasteiger partial charge in [-0.1, -0.05) is 66.7 Å². The highest BCUT2D eigenvalue weighted by Gasteiger charge is 2.18. The summed E-state index contributed by atoms with van der Waals surface area (Å²) in [5, 5.41) is 10.5. The first kappa shape index (κ1) is 23.6. The predicted octanol–water partition coefficient (Wildman–Crippen LogP) is 4.88. The van der Waals surface area contributed by atoms with Crippen LogP contribution in [0.3, 0.4) is 0 Å². The van der Waals surface area contributed by atoms with Gasteiger partial charge in [0.1, 0.15) is 11.8 Å². The smallest absolute Gasteiger partial charge is 0.152 e. The zero-order valence-electron chi connectivity index (χ0n) is 21.6. The topological polar surface area (TPSA) is 86.5 Å². The summed E-state index contributed by atoms with van der Waals surface area (Å²) >= 11 is 0. The summed E-state index contributed by atoms with van der Waals surface area (Å²) in [6.45, 7) is 5.20. The molecule has 0 unspecified atom stereocenters. The van der Waals surface area contributed by atoms with Gasteiger partial charge < -0.3 is 10.5 Å². The molecule has 3 aromatic carbocycles. The van der Waals surface area contributed by atoms with E-state index in [-0.39, 0.29) is 0 Å². The highest BCUT2D eigenvalue weighted by molar-refractivity contribution is 5.94. The van der Waals surface area contributed by atoms with E-state index in [0.717, 1.165) is 78.2 Å². The SMILES string of the molecule is Nc1ncnn2c(-c3ccc(CN4CCOCC4)cc3)cc(-c3ccc4cn(Cc5ccccc5)nc4c3)c12. The van der Waals surface area contributed by atoms with E-state index in [0.29, 0.717) is 5.82 Å². The van der Waals surface area contributed by atoms with Gasteiger partial charge in [-0.05, 0) is 28.8 Å². The molecule has 0 radical (unpaired) electrons. The normalized spacial score (nSPS) is 14.4. The molecule has 3 aromatic heterocycles. The van der Waals surface area contributed by atoms with Crippen molar-refractivity contribution in [2.45, 2.75) is 13.1 Å². The lowest BCUT2D eigenvalue weighted by molar-refractivity contribution is 0.0342. The van der Waals surface area contributed by atoms with Crippen LogP contribution in [-0.2, 0) is 17.8 Å². The minimum atomic E-state index is 0.449. The van der Waals surface area contributed by atoms with E-state index in [4.69, 9.17) is 15.6 Å². The van der Waals surface area contributed by atoms with Gasteiger partial charge in [0.15, 0.2) is 5.82 Å². The third kappa shape index (κ3) is 4.65. The largest absolute Gasteiger partial charge is 0.382 e. The molecule has 39 heavy (non-hydrogen) atoms. The van der Waals surface area contributed by atoms with E-state index in [1.807, 2.05) is 15.3 Å². The number of rotatable bonds is 6. The molecule has 7 rings (SSSR count). The van der Waals surface area contributed by atoms with Crippen LogP contribution in [-0.4, -0.2) is 55.6 Å². The lowest BCUT2D eigenvalue weighted by Gasteiger charge is -2.26. The quantitative estimate of drug-likeness (QED) is 0.340. The van der Waals surface area contributed by atoms with Crippen LogP contribution in [0.25, 0.3) is 38.8 Å². The Kier molecular flexibility index (Phi) is 6.03. The number of ether oxygens (including phenoxy) is 1. The van der Waals surface area contributed by atoms with Crippen molar-refractivity contribution in [1.82, 2.24) is 29.3 Å². The number of aromatic nitrogens is 5. The summed E-state index contributed by atoms with van der Waals surface area (Å²) in [5.41, 5.74) is 14.7. The lowest BCUT2D eigenvalue weighted by atomic mass is 10.0. The molecule has 1 aliphatic heterocycles. The lowest BCUT2D eigenvalue weighted by Crippen LogP contribution is -2.35. The molecule has 0 amide bonds. The van der Waals surface area contributed by atoms with E-state index in [2.05, 4.69) is 94.0 Å². The molecule has 0 saturated carbocycles. The monoisotopic (exact) mass is 515 g/mol. The van der Waals surface area contributed by atoms with E-state index in [1.165, 1.54) is 17.5 Å². The molecule has 0 bridgehead atoms. The molecule has 0 spiro atoms.